The van der Waals surface area contributed by atoms with Crippen LogP contribution in [0.5, 0.6) is 0 Å². The molecule has 3 aromatic rings. The van der Waals surface area contributed by atoms with Crippen LogP contribution in [0.25, 0.3) is 10.9 Å². The number of carbonyl (C=O) groups is 1. The van der Waals surface area contributed by atoms with Crippen LogP contribution in [0, 0.1) is 6.92 Å². The lowest BCUT2D eigenvalue weighted by molar-refractivity contribution is 0.0962. The molecule has 5 heteroatoms. The largest absolute Gasteiger partial charge is 0.392 e. The van der Waals surface area contributed by atoms with Crippen LogP contribution in [0.2, 0.25) is 10.0 Å². The molecule has 0 aliphatic carbocycles. The third-order valence-corrected chi connectivity index (χ3v) is 4.51. The molecule has 0 fully saturated rings. The maximum atomic E-state index is 12.9. The molecule has 2 aromatic carbocycles. The standard InChI is InChI=1S/C17H13Cl2NO2/c1-10-13(9-21)12-4-2-3-5-16(12)20(10)17(22)11-6-7-14(18)15(19)8-11/h2-8,21H,9H2,1H3. The van der Waals surface area contributed by atoms with E-state index in [0.29, 0.717) is 15.6 Å². The van der Waals surface area contributed by atoms with Gasteiger partial charge in [-0.05, 0) is 31.2 Å². The van der Waals surface area contributed by atoms with E-state index in [-0.39, 0.29) is 12.5 Å². The minimum absolute atomic E-state index is 0.117. The van der Waals surface area contributed by atoms with Crippen LogP contribution in [0.4, 0.5) is 0 Å². The third-order valence-electron chi connectivity index (χ3n) is 3.77. The number of fused-ring (bicyclic) bond motifs is 1. The van der Waals surface area contributed by atoms with Crippen molar-refractivity contribution in [3.8, 4) is 0 Å². The van der Waals surface area contributed by atoms with Crippen LogP contribution < -0.4 is 0 Å². The summed E-state index contributed by atoms with van der Waals surface area (Å²) >= 11 is 11.9. The van der Waals surface area contributed by atoms with E-state index in [4.69, 9.17) is 23.2 Å². The zero-order chi connectivity index (χ0) is 15.9. The zero-order valence-corrected chi connectivity index (χ0v) is 13.3. The van der Waals surface area contributed by atoms with Gasteiger partial charge in [-0.15, -0.1) is 0 Å². The average molecular weight is 334 g/mol. The smallest absolute Gasteiger partial charge is 0.262 e. The molecule has 0 amide bonds. The lowest BCUT2D eigenvalue weighted by Gasteiger charge is -2.08. The molecule has 3 rings (SSSR count). The summed E-state index contributed by atoms with van der Waals surface area (Å²) in [6.07, 6.45) is 0. The molecule has 0 aliphatic rings. The van der Waals surface area contributed by atoms with E-state index in [1.165, 1.54) is 0 Å². The van der Waals surface area contributed by atoms with Gasteiger partial charge in [-0.25, -0.2) is 0 Å². The van der Waals surface area contributed by atoms with E-state index in [2.05, 4.69) is 0 Å². The first-order valence-corrected chi connectivity index (χ1v) is 7.49. The first-order valence-electron chi connectivity index (χ1n) is 6.74. The SMILES string of the molecule is Cc1c(CO)c2ccccc2n1C(=O)c1ccc(Cl)c(Cl)c1. The van der Waals surface area contributed by atoms with Crippen molar-refractivity contribution in [3.63, 3.8) is 0 Å². The predicted molar refractivity (Wildman–Crippen MR) is 88.8 cm³/mol. The van der Waals surface area contributed by atoms with Crippen LogP contribution in [-0.2, 0) is 6.61 Å². The van der Waals surface area contributed by atoms with Crippen molar-refractivity contribution in [1.82, 2.24) is 4.57 Å². The van der Waals surface area contributed by atoms with Gasteiger partial charge in [0.15, 0.2) is 0 Å². The number of hydrogen-bond acceptors (Lipinski definition) is 2. The molecule has 1 N–H and O–H groups in total. The minimum Gasteiger partial charge on any atom is -0.392 e. The summed E-state index contributed by atoms with van der Waals surface area (Å²) in [7, 11) is 0. The molecule has 22 heavy (non-hydrogen) atoms. The van der Waals surface area contributed by atoms with E-state index in [9.17, 15) is 9.90 Å². The molecule has 0 radical (unpaired) electrons. The summed E-state index contributed by atoms with van der Waals surface area (Å²) in [6, 6.07) is 12.3. The lowest BCUT2D eigenvalue weighted by atomic mass is 10.1. The summed E-state index contributed by atoms with van der Waals surface area (Å²) in [5.74, 6) is -0.202. The molecule has 0 saturated carbocycles. The second-order valence-corrected chi connectivity index (χ2v) is 5.82. The minimum atomic E-state index is -0.202. The van der Waals surface area contributed by atoms with Crippen molar-refractivity contribution in [2.24, 2.45) is 0 Å². The van der Waals surface area contributed by atoms with Crippen molar-refractivity contribution in [1.29, 1.82) is 0 Å². The van der Waals surface area contributed by atoms with E-state index in [1.807, 2.05) is 31.2 Å². The fourth-order valence-corrected chi connectivity index (χ4v) is 2.95. The summed E-state index contributed by atoms with van der Waals surface area (Å²) in [5.41, 5.74) is 2.69. The van der Waals surface area contributed by atoms with Gasteiger partial charge >= 0.3 is 0 Å². The van der Waals surface area contributed by atoms with Crippen molar-refractivity contribution in [3.05, 3.63) is 69.3 Å². The van der Waals surface area contributed by atoms with Crippen LogP contribution in [0.3, 0.4) is 0 Å². The molecule has 0 atom stereocenters. The summed E-state index contributed by atoms with van der Waals surface area (Å²) in [6.45, 7) is 1.70. The van der Waals surface area contributed by atoms with Gasteiger partial charge in [0, 0.05) is 22.2 Å². The number of benzene rings is 2. The molecule has 3 nitrogen and oxygen atoms in total. The Morgan fingerprint density at radius 2 is 1.86 bits per heavy atom. The van der Waals surface area contributed by atoms with Crippen molar-refractivity contribution in [2.45, 2.75) is 13.5 Å². The van der Waals surface area contributed by atoms with Crippen LogP contribution in [-0.4, -0.2) is 15.6 Å². The summed E-state index contributed by atoms with van der Waals surface area (Å²) < 4.78 is 1.60. The molecule has 0 aliphatic heterocycles. The van der Waals surface area contributed by atoms with Crippen molar-refractivity contribution < 1.29 is 9.90 Å². The van der Waals surface area contributed by atoms with E-state index in [0.717, 1.165) is 22.2 Å². The van der Waals surface area contributed by atoms with E-state index >= 15 is 0 Å². The maximum absolute atomic E-state index is 12.9. The highest BCUT2D eigenvalue weighted by Crippen LogP contribution is 2.28. The van der Waals surface area contributed by atoms with Crippen LogP contribution in [0.1, 0.15) is 21.6 Å². The molecule has 1 heterocycles. The number of hydrogen-bond donors (Lipinski definition) is 1. The Labute approximate surface area is 137 Å². The van der Waals surface area contributed by atoms with Gasteiger partial charge in [-0.1, -0.05) is 41.4 Å². The Balaban J connectivity index is 2.23. The fourth-order valence-electron chi connectivity index (χ4n) is 2.65. The van der Waals surface area contributed by atoms with Gasteiger partial charge in [0.1, 0.15) is 0 Å². The Kier molecular flexibility index (Phi) is 3.96. The van der Waals surface area contributed by atoms with Gasteiger partial charge in [0.2, 0.25) is 0 Å². The van der Waals surface area contributed by atoms with Gasteiger partial charge in [0.05, 0.1) is 22.2 Å². The number of carbonyl (C=O) groups excluding carboxylic acids is 1. The summed E-state index contributed by atoms with van der Waals surface area (Å²) in [5, 5.41) is 11.2. The number of aliphatic hydroxyl groups is 1. The van der Waals surface area contributed by atoms with E-state index in [1.54, 1.807) is 22.8 Å². The molecule has 1 aromatic heterocycles. The highest BCUT2D eigenvalue weighted by molar-refractivity contribution is 6.42. The lowest BCUT2D eigenvalue weighted by Crippen LogP contribution is -2.13. The Morgan fingerprint density at radius 1 is 1.14 bits per heavy atom. The summed E-state index contributed by atoms with van der Waals surface area (Å²) in [4.78, 5) is 12.9. The number of para-hydroxylation sites is 1. The predicted octanol–water partition coefficient (Wildman–Crippen LogP) is 4.44. The molecular formula is C17H13Cl2NO2. The second-order valence-electron chi connectivity index (χ2n) is 5.01. The van der Waals surface area contributed by atoms with Gasteiger partial charge < -0.3 is 5.11 Å². The highest BCUT2D eigenvalue weighted by Gasteiger charge is 2.19. The fraction of sp³-hybridized carbons (Fsp3) is 0.118. The molecule has 112 valence electrons. The number of rotatable bonds is 2. The Hall–Kier alpha value is -1.81. The maximum Gasteiger partial charge on any atom is 0.262 e. The number of nitrogens with zero attached hydrogens (tertiary/aromatic N) is 1. The van der Waals surface area contributed by atoms with Gasteiger partial charge in [-0.3, -0.25) is 9.36 Å². The van der Waals surface area contributed by atoms with Gasteiger partial charge in [-0.2, -0.15) is 0 Å². The first-order chi connectivity index (χ1) is 10.5. The molecule has 0 saturated heterocycles. The first kappa shape index (κ1) is 15.1. The monoisotopic (exact) mass is 333 g/mol. The number of aliphatic hydroxyl groups excluding tert-OH is 1. The van der Waals surface area contributed by atoms with E-state index < -0.39 is 0 Å². The average Bonchev–Trinajstić information content (AvgIpc) is 2.80. The molecular weight excluding hydrogens is 321 g/mol. The van der Waals surface area contributed by atoms with Crippen LogP contribution in [0.15, 0.2) is 42.5 Å². The van der Waals surface area contributed by atoms with Crippen molar-refractivity contribution >= 4 is 40.0 Å². The quantitative estimate of drug-likeness (QED) is 0.753. The third kappa shape index (κ3) is 2.31. The Bertz CT molecular complexity index is 884. The van der Waals surface area contributed by atoms with Crippen molar-refractivity contribution in [2.75, 3.05) is 0 Å². The number of aromatic nitrogens is 1. The molecule has 0 bridgehead atoms. The molecule has 0 spiro atoms. The highest BCUT2D eigenvalue weighted by atomic mass is 35.5. The second kappa shape index (κ2) is 5.76. The van der Waals surface area contributed by atoms with Crippen LogP contribution >= 0.6 is 23.2 Å². The zero-order valence-electron chi connectivity index (χ0n) is 11.8. The topological polar surface area (TPSA) is 42.2 Å². The molecule has 0 unspecified atom stereocenters. The van der Waals surface area contributed by atoms with Gasteiger partial charge in [0.25, 0.3) is 5.91 Å². The normalized spacial score (nSPS) is 11.1. The number of halogens is 2. The Morgan fingerprint density at radius 3 is 2.55 bits per heavy atom.